The van der Waals surface area contributed by atoms with E-state index in [0.717, 1.165) is 0 Å². The second-order valence-corrected chi connectivity index (χ2v) is 4.18. The van der Waals surface area contributed by atoms with Crippen molar-refractivity contribution in [1.29, 1.82) is 0 Å². The molecule has 0 aliphatic rings. The van der Waals surface area contributed by atoms with Crippen molar-refractivity contribution in [3.05, 3.63) is 0 Å². The van der Waals surface area contributed by atoms with Crippen LogP contribution in [0.1, 0.15) is 52.4 Å². The molecular weight excluding hydrogens is 165 g/mol. The molecule has 74 valence electrons. The average molecular weight is 189 g/mol. The Bertz CT molecular complexity index is 75.9. The predicted molar refractivity (Wildman–Crippen MR) is 60.3 cm³/mol. The molecule has 1 unspecified atom stereocenters. The summed E-state index contributed by atoms with van der Waals surface area (Å²) in [6.45, 7) is 7.01. The zero-order valence-electron chi connectivity index (χ0n) is 8.68. The van der Waals surface area contributed by atoms with Crippen molar-refractivity contribution in [2.75, 3.05) is 13.1 Å². The van der Waals surface area contributed by atoms with Crippen molar-refractivity contribution in [1.82, 2.24) is 4.67 Å². The van der Waals surface area contributed by atoms with E-state index in [1.54, 1.807) is 0 Å². The van der Waals surface area contributed by atoms with Crippen LogP contribution in [0.4, 0.5) is 0 Å². The Hall–Kier alpha value is 0.390. The normalized spacial score (nSPS) is 11.0. The Morgan fingerprint density at radius 1 is 0.833 bits per heavy atom. The summed E-state index contributed by atoms with van der Waals surface area (Å²) in [5, 5.41) is 0. The zero-order valence-corrected chi connectivity index (χ0v) is 9.84. The topological polar surface area (TPSA) is 3.24 Å². The number of unbranched alkanes of at least 4 members (excludes halogenated alkanes) is 4. The smallest absolute Gasteiger partial charge is 0.00161 e. The summed E-state index contributed by atoms with van der Waals surface area (Å²) in [7, 11) is 2.83. The molecule has 0 aromatic carbocycles. The Morgan fingerprint density at radius 3 is 1.58 bits per heavy atom. The van der Waals surface area contributed by atoms with E-state index in [9.17, 15) is 0 Å². The van der Waals surface area contributed by atoms with Crippen molar-refractivity contribution < 1.29 is 0 Å². The van der Waals surface area contributed by atoms with Gasteiger partial charge in [-0.25, -0.2) is 0 Å². The van der Waals surface area contributed by atoms with Crippen molar-refractivity contribution in [3.8, 4) is 0 Å². The molecule has 0 aliphatic heterocycles. The first kappa shape index (κ1) is 12.4. The lowest BCUT2D eigenvalue weighted by Gasteiger charge is -2.15. The number of rotatable bonds is 8. The lowest BCUT2D eigenvalue weighted by atomic mass is 10.2. The van der Waals surface area contributed by atoms with Gasteiger partial charge in [-0.3, -0.25) is 4.67 Å². The van der Waals surface area contributed by atoms with Crippen molar-refractivity contribution in [2.24, 2.45) is 0 Å². The van der Waals surface area contributed by atoms with Gasteiger partial charge in [-0.15, -0.1) is 0 Å². The minimum Gasteiger partial charge on any atom is -0.287 e. The molecule has 0 saturated heterocycles. The fourth-order valence-corrected chi connectivity index (χ4v) is 1.61. The van der Waals surface area contributed by atoms with Crippen LogP contribution in [0.25, 0.3) is 0 Å². The number of hydrogen-bond donors (Lipinski definition) is 0. The molecule has 0 N–H and O–H groups in total. The van der Waals surface area contributed by atoms with E-state index in [1.165, 1.54) is 51.6 Å². The van der Waals surface area contributed by atoms with Gasteiger partial charge in [0.05, 0.1) is 0 Å². The molecule has 12 heavy (non-hydrogen) atoms. The lowest BCUT2D eigenvalue weighted by molar-refractivity contribution is 0.432. The fraction of sp³-hybridized carbons (Fsp3) is 1.00. The molecule has 0 saturated carbocycles. The van der Waals surface area contributed by atoms with E-state index in [2.05, 4.69) is 27.9 Å². The van der Waals surface area contributed by atoms with Crippen LogP contribution in [0.3, 0.4) is 0 Å². The second kappa shape index (κ2) is 9.48. The molecule has 0 rings (SSSR count). The summed E-state index contributed by atoms with van der Waals surface area (Å²) < 4.78 is 2.38. The molecule has 0 aromatic heterocycles. The highest BCUT2D eigenvalue weighted by molar-refractivity contribution is 7.13. The Labute approximate surface area is 80.2 Å². The summed E-state index contributed by atoms with van der Waals surface area (Å²) >= 11 is 0. The minimum atomic E-state index is 1.25. The van der Waals surface area contributed by atoms with Gasteiger partial charge in [0, 0.05) is 13.1 Å². The first-order valence-corrected chi connectivity index (χ1v) is 5.82. The van der Waals surface area contributed by atoms with Gasteiger partial charge in [0.25, 0.3) is 0 Å². The largest absolute Gasteiger partial charge is 0.287 e. The van der Waals surface area contributed by atoms with Crippen LogP contribution in [-0.4, -0.2) is 17.8 Å². The van der Waals surface area contributed by atoms with Gasteiger partial charge in [-0.1, -0.05) is 48.9 Å². The molecule has 0 heterocycles. The van der Waals surface area contributed by atoms with E-state index in [-0.39, 0.29) is 0 Å². The van der Waals surface area contributed by atoms with Crippen molar-refractivity contribution in [3.63, 3.8) is 0 Å². The number of hydrogen-bond acceptors (Lipinski definition) is 1. The molecule has 0 aliphatic carbocycles. The van der Waals surface area contributed by atoms with Crippen LogP contribution in [-0.2, 0) is 0 Å². The second-order valence-electron chi connectivity index (χ2n) is 3.45. The molecular formula is C10H24NP. The number of nitrogens with zero attached hydrogens (tertiary/aromatic N) is 1. The Kier molecular flexibility index (Phi) is 9.79. The molecule has 0 fully saturated rings. The monoisotopic (exact) mass is 189 g/mol. The van der Waals surface area contributed by atoms with E-state index in [1.807, 2.05) is 0 Å². The maximum Gasteiger partial charge on any atom is 0.00161 e. The molecule has 2 heteroatoms. The molecule has 0 bridgehead atoms. The Morgan fingerprint density at radius 2 is 1.25 bits per heavy atom. The average Bonchev–Trinajstić information content (AvgIpc) is 2.06. The summed E-state index contributed by atoms with van der Waals surface area (Å²) in [5.41, 5.74) is 0. The van der Waals surface area contributed by atoms with E-state index in [4.69, 9.17) is 0 Å². The molecule has 0 aromatic rings. The van der Waals surface area contributed by atoms with Gasteiger partial charge in [-0.05, 0) is 12.8 Å². The highest BCUT2D eigenvalue weighted by Crippen LogP contribution is 2.06. The van der Waals surface area contributed by atoms with Crippen LogP contribution < -0.4 is 0 Å². The van der Waals surface area contributed by atoms with E-state index in [0.29, 0.717) is 0 Å². The van der Waals surface area contributed by atoms with Gasteiger partial charge in [0.1, 0.15) is 0 Å². The third-order valence-electron chi connectivity index (χ3n) is 2.10. The highest BCUT2D eigenvalue weighted by Gasteiger charge is 1.96. The summed E-state index contributed by atoms with van der Waals surface area (Å²) in [6, 6.07) is 0. The lowest BCUT2D eigenvalue weighted by Crippen LogP contribution is -2.14. The van der Waals surface area contributed by atoms with Gasteiger partial charge >= 0.3 is 0 Å². The van der Waals surface area contributed by atoms with E-state index >= 15 is 0 Å². The maximum atomic E-state index is 2.83. The van der Waals surface area contributed by atoms with Crippen molar-refractivity contribution in [2.45, 2.75) is 52.4 Å². The molecule has 1 atom stereocenters. The summed E-state index contributed by atoms with van der Waals surface area (Å²) in [5.74, 6) is 0. The van der Waals surface area contributed by atoms with Crippen LogP contribution in [0.15, 0.2) is 0 Å². The summed E-state index contributed by atoms with van der Waals surface area (Å²) in [6.07, 6.45) is 8.11. The maximum absolute atomic E-state index is 2.83. The van der Waals surface area contributed by atoms with Crippen LogP contribution in [0.5, 0.6) is 0 Å². The highest BCUT2D eigenvalue weighted by atomic mass is 31.0. The zero-order chi connectivity index (χ0) is 9.23. The van der Waals surface area contributed by atoms with Crippen molar-refractivity contribution >= 4 is 9.39 Å². The fourth-order valence-electron chi connectivity index (χ4n) is 1.24. The van der Waals surface area contributed by atoms with Gasteiger partial charge in [0.15, 0.2) is 0 Å². The van der Waals surface area contributed by atoms with Crippen LogP contribution in [0, 0.1) is 0 Å². The Balaban J connectivity index is 3.04. The molecule has 1 nitrogen and oxygen atoms in total. The van der Waals surface area contributed by atoms with E-state index < -0.39 is 0 Å². The van der Waals surface area contributed by atoms with Gasteiger partial charge in [0.2, 0.25) is 0 Å². The first-order chi connectivity index (χ1) is 5.81. The standard InChI is InChI=1S/C10H24NP/c1-3-5-7-9-11(12)10-8-6-4-2/h3-10,12H2,1-2H3. The first-order valence-electron chi connectivity index (χ1n) is 5.30. The van der Waals surface area contributed by atoms with Gasteiger partial charge in [-0.2, -0.15) is 0 Å². The molecule has 0 amide bonds. The molecule has 0 spiro atoms. The van der Waals surface area contributed by atoms with Crippen LogP contribution >= 0.6 is 9.39 Å². The quantitative estimate of drug-likeness (QED) is 0.417. The third-order valence-corrected chi connectivity index (χ3v) is 2.61. The summed E-state index contributed by atoms with van der Waals surface area (Å²) in [4.78, 5) is 0. The third kappa shape index (κ3) is 8.49. The predicted octanol–water partition coefficient (Wildman–Crippen LogP) is 3.46. The minimum absolute atomic E-state index is 1.25. The SMILES string of the molecule is CCCCCN(P)CCCCC. The van der Waals surface area contributed by atoms with Crippen LogP contribution in [0.2, 0.25) is 0 Å². The van der Waals surface area contributed by atoms with Gasteiger partial charge < -0.3 is 0 Å². The molecule has 0 radical (unpaired) electrons.